The zero-order valence-corrected chi connectivity index (χ0v) is 15.3. The van der Waals surface area contributed by atoms with Crippen LogP contribution in [0.1, 0.15) is 46.2 Å². The minimum atomic E-state index is -0.186. The standard InChI is InChI=1S/C16H23N5O2S/c1-5-6-10-7-13(23)21-15(18-10)24-14(19-21)17-11-8-12(22)20(9-11)16(2,3)4/h7,11H,5-6,8-9H2,1-4H3,(H,17,19). The first-order chi connectivity index (χ1) is 11.3. The lowest BCUT2D eigenvalue weighted by molar-refractivity contribution is -0.131. The summed E-state index contributed by atoms with van der Waals surface area (Å²) in [7, 11) is 0. The quantitative estimate of drug-likeness (QED) is 0.912. The van der Waals surface area contributed by atoms with Crippen molar-refractivity contribution < 1.29 is 4.79 Å². The molecule has 1 saturated heterocycles. The molecule has 0 spiro atoms. The molecule has 0 aliphatic carbocycles. The minimum Gasteiger partial charge on any atom is -0.355 e. The third-order valence-corrected chi connectivity index (χ3v) is 4.91. The summed E-state index contributed by atoms with van der Waals surface area (Å²) in [4.78, 5) is 31.3. The Morgan fingerprint density at radius 1 is 1.38 bits per heavy atom. The maximum absolute atomic E-state index is 12.2. The van der Waals surface area contributed by atoms with Gasteiger partial charge in [-0.1, -0.05) is 24.7 Å². The van der Waals surface area contributed by atoms with Crippen molar-refractivity contribution in [2.75, 3.05) is 11.9 Å². The lowest BCUT2D eigenvalue weighted by Gasteiger charge is -2.32. The second kappa shape index (κ2) is 6.16. The molecule has 8 heteroatoms. The largest absolute Gasteiger partial charge is 0.355 e. The molecule has 0 radical (unpaired) electrons. The summed E-state index contributed by atoms with van der Waals surface area (Å²) in [5.74, 6) is 0.140. The van der Waals surface area contributed by atoms with Gasteiger partial charge in [0.05, 0.1) is 6.04 Å². The summed E-state index contributed by atoms with van der Waals surface area (Å²) < 4.78 is 1.32. The molecule has 2 aromatic rings. The monoisotopic (exact) mass is 349 g/mol. The van der Waals surface area contributed by atoms with E-state index in [4.69, 9.17) is 0 Å². The molecule has 0 saturated carbocycles. The summed E-state index contributed by atoms with van der Waals surface area (Å²) in [5, 5.41) is 8.22. The molecule has 1 aliphatic heterocycles. The van der Waals surface area contributed by atoms with Gasteiger partial charge in [0.25, 0.3) is 5.56 Å². The summed E-state index contributed by atoms with van der Waals surface area (Å²) in [6, 6.07) is 1.54. The normalized spacial score (nSPS) is 18.6. The minimum absolute atomic E-state index is 0.00287. The summed E-state index contributed by atoms with van der Waals surface area (Å²) in [5.41, 5.74) is 0.452. The Morgan fingerprint density at radius 2 is 2.12 bits per heavy atom. The summed E-state index contributed by atoms with van der Waals surface area (Å²) >= 11 is 1.35. The van der Waals surface area contributed by atoms with Crippen LogP contribution in [0, 0.1) is 0 Å². The Labute approximate surface area is 144 Å². The molecule has 1 N–H and O–H groups in total. The van der Waals surface area contributed by atoms with Gasteiger partial charge in [-0.2, -0.15) is 4.52 Å². The van der Waals surface area contributed by atoms with Crippen molar-refractivity contribution in [2.45, 2.75) is 58.5 Å². The second-order valence-electron chi connectivity index (χ2n) is 7.16. The number of carbonyl (C=O) groups excluding carboxylic acids is 1. The molecule has 3 heterocycles. The van der Waals surface area contributed by atoms with E-state index in [1.54, 1.807) is 6.07 Å². The highest BCUT2D eigenvalue weighted by atomic mass is 32.1. The van der Waals surface area contributed by atoms with E-state index in [2.05, 4.69) is 22.3 Å². The molecule has 1 aliphatic rings. The van der Waals surface area contributed by atoms with E-state index in [1.165, 1.54) is 15.9 Å². The first kappa shape index (κ1) is 16.9. The van der Waals surface area contributed by atoms with Crippen LogP contribution >= 0.6 is 11.3 Å². The van der Waals surface area contributed by atoms with Crippen molar-refractivity contribution in [1.29, 1.82) is 0 Å². The van der Waals surface area contributed by atoms with Crippen LogP contribution in [0.5, 0.6) is 0 Å². The molecular weight excluding hydrogens is 326 g/mol. The van der Waals surface area contributed by atoms with E-state index in [9.17, 15) is 9.59 Å². The fraction of sp³-hybridized carbons (Fsp3) is 0.625. The number of nitrogens with zero attached hydrogens (tertiary/aromatic N) is 4. The van der Waals surface area contributed by atoms with E-state index in [0.717, 1.165) is 18.5 Å². The number of aromatic nitrogens is 3. The molecule has 7 nitrogen and oxygen atoms in total. The van der Waals surface area contributed by atoms with Gasteiger partial charge >= 0.3 is 0 Å². The molecule has 1 atom stereocenters. The van der Waals surface area contributed by atoms with E-state index >= 15 is 0 Å². The number of aryl methyl sites for hydroxylation is 1. The Kier molecular flexibility index (Phi) is 4.33. The third kappa shape index (κ3) is 3.28. The Bertz CT molecular complexity index is 820. The lowest BCUT2D eigenvalue weighted by atomic mass is 10.1. The number of anilines is 1. The van der Waals surface area contributed by atoms with Crippen molar-refractivity contribution in [3.05, 3.63) is 22.1 Å². The maximum Gasteiger partial charge on any atom is 0.275 e. The van der Waals surface area contributed by atoms with Crippen LogP contribution in [0.2, 0.25) is 0 Å². The highest BCUT2D eigenvalue weighted by Gasteiger charge is 2.36. The van der Waals surface area contributed by atoms with Crippen molar-refractivity contribution in [2.24, 2.45) is 0 Å². The SMILES string of the molecule is CCCc1cc(=O)n2nc(NC3CC(=O)N(C(C)(C)C)C3)sc2n1. The van der Waals surface area contributed by atoms with Gasteiger partial charge in [-0.25, -0.2) is 4.98 Å². The van der Waals surface area contributed by atoms with Gasteiger partial charge in [-0.3, -0.25) is 9.59 Å². The molecule has 1 amide bonds. The predicted molar refractivity (Wildman–Crippen MR) is 94.6 cm³/mol. The fourth-order valence-corrected chi connectivity index (χ4v) is 3.83. The van der Waals surface area contributed by atoms with Crippen LogP contribution in [0.3, 0.4) is 0 Å². The number of hydrogen-bond donors (Lipinski definition) is 1. The number of nitrogens with one attached hydrogen (secondary N) is 1. The molecule has 130 valence electrons. The first-order valence-corrected chi connectivity index (χ1v) is 9.06. The predicted octanol–water partition coefficient (Wildman–Crippen LogP) is 1.91. The summed E-state index contributed by atoms with van der Waals surface area (Å²) in [6.45, 7) is 8.79. The molecular formula is C16H23N5O2S. The van der Waals surface area contributed by atoms with Crippen molar-refractivity contribution >= 4 is 27.3 Å². The number of hydrogen-bond acceptors (Lipinski definition) is 6. The number of fused-ring (bicyclic) bond motifs is 1. The first-order valence-electron chi connectivity index (χ1n) is 8.24. The molecule has 3 rings (SSSR count). The van der Waals surface area contributed by atoms with Gasteiger partial charge in [0, 0.05) is 30.3 Å². The Morgan fingerprint density at radius 3 is 2.75 bits per heavy atom. The van der Waals surface area contributed by atoms with Crippen LogP contribution in [0.4, 0.5) is 5.13 Å². The van der Waals surface area contributed by atoms with E-state index in [0.29, 0.717) is 23.1 Å². The number of rotatable bonds is 4. The topological polar surface area (TPSA) is 79.6 Å². The van der Waals surface area contributed by atoms with Crippen LogP contribution in [0.25, 0.3) is 4.96 Å². The smallest absolute Gasteiger partial charge is 0.275 e. The average molecular weight is 349 g/mol. The summed E-state index contributed by atoms with van der Waals surface area (Å²) in [6.07, 6.45) is 2.17. The molecule has 1 fully saturated rings. The van der Waals surface area contributed by atoms with Gasteiger partial charge < -0.3 is 10.2 Å². The molecule has 1 unspecified atom stereocenters. The van der Waals surface area contributed by atoms with Crippen LogP contribution in [-0.4, -0.2) is 43.5 Å². The highest BCUT2D eigenvalue weighted by molar-refractivity contribution is 7.20. The fourth-order valence-electron chi connectivity index (χ4n) is 2.93. The molecule has 2 aromatic heterocycles. The van der Waals surface area contributed by atoms with Crippen molar-refractivity contribution in [1.82, 2.24) is 19.5 Å². The molecule has 0 aromatic carbocycles. The van der Waals surface area contributed by atoms with E-state index in [1.807, 2.05) is 25.7 Å². The average Bonchev–Trinajstić information content (AvgIpc) is 3.02. The maximum atomic E-state index is 12.2. The van der Waals surface area contributed by atoms with E-state index in [-0.39, 0.29) is 23.0 Å². The number of amides is 1. The number of likely N-dealkylation sites (tertiary alicyclic amines) is 1. The van der Waals surface area contributed by atoms with Gasteiger partial charge in [0.1, 0.15) is 0 Å². The van der Waals surface area contributed by atoms with Crippen molar-refractivity contribution in [3.8, 4) is 0 Å². The lowest BCUT2D eigenvalue weighted by Crippen LogP contribution is -2.43. The molecule has 24 heavy (non-hydrogen) atoms. The zero-order chi connectivity index (χ0) is 17.5. The third-order valence-electron chi connectivity index (χ3n) is 4.07. The van der Waals surface area contributed by atoms with Gasteiger partial charge in [-0.15, -0.1) is 5.10 Å². The van der Waals surface area contributed by atoms with Crippen LogP contribution in [0.15, 0.2) is 10.9 Å². The Balaban J connectivity index is 1.80. The highest BCUT2D eigenvalue weighted by Crippen LogP contribution is 2.25. The van der Waals surface area contributed by atoms with Crippen LogP contribution < -0.4 is 10.9 Å². The zero-order valence-electron chi connectivity index (χ0n) is 14.5. The number of carbonyl (C=O) groups is 1. The van der Waals surface area contributed by atoms with Gasteiger partial charge in [0.2, 0.25) is 16.0 Å². The van der Waals surface area contributed by atoms with Crippen molar-refractivity contribution in [3.63, 3.8) is 0 Å². The van der Waals surface area contributed by atoms with E-state index < -0.39 is 0 Å². The van der Waals surface area contributed by atoms with Gasteiger partial charge in [-0.05, 0) is 27.2 Å². The van der Waals surface area contributed by atoms with Crippen LogP contribution in [-0.2, 0) is 11.2 Å². The second-order valence-corrected chi connectivity index (χ2v) is 8.11. The molecule has 0 bridgehead atoms. The van der Waals surface area contributed by atoms with Gasteiger partial charge in [0.15, 0.2) is 0 Å². The Hall–Kier alpha value is -1.96.